The van der Waals surface area contributed by atoms with Gasteiger partial charge in [0.05, 0.1) is 37.5 Å². The van der Waals surface area contributed by atoms with Crippen LogP contribution in [-0.4, -0.2) is 183 Å². The summed E-state index contributed by atoms with van der Waals surface area (Å²) in [5, 5.41) is 11.2. The first kappa shape index (κ1) is 55.4. The topological polar surface area (TPSA) is 182 Å². The zero-order valence-electron chi connectivity index (χ0n) is 40.0. The number of carbonyl (C=O) groups excluding carboxylic acids is 6. The summed E-state index contributed by atoms with van der Waals surface area (Å²) in [4.78, 5) is 85.8. The van der Waals surface area contributed by atoms with Crippen molar-refractivity contribution in [3.63, 3.8) is 0 Å². The minimum atomic E-state index is -3.23. The molecule has 0 bridgehead atoms. The second-order valence-electron chi connectivity index (χ2n) is 17.4. The van der Waals surface area contributed by atoms with Crippen LogP contribution in [0.25, 0.3) is 0 Å². The van der Waals surface area contributed by atoms with Crippen LogP contribution < -0.4 is 21.3 Å². The number of rotatable bonds is 27. The molecule has 16 nitrogen and oxygen atoms in total. The summed E-state index contributed by atoms with van der Waals surface area (Å²) >= 11 is 0. The van der Waals surface area contributed by atoms with Crippen molar-refractivity contribution >= 4 is 35.4 Å². The van der Waals surface area contributed by atoms with E-state index in [0.717, 1.165) is 20.9 Å². The molecule has 2 aromatic rings. The van der Waals surface area contributed by atoms with Crippen LogP contribution in [0.1, 0.15) is 64.5 Å². The SMILES string of the molecule is CN[C@@H](C)C(=O)N[C@H](C(=O)N1CCC[C@H]1CN(CCc1ccccc1)C(=O)C(F)F)[C@@H](C)OCCO[C@H](C)[C@H](NC(=O)[C@H](C)NC)C(=O)N1CCC[C@H]1CN(CCc1ccccc1)C(=O)C(F)F. The summed E-state index contributed by atoms with van der Waals surface area (Å²) in [5.41, 5.74) is 1.72. The molecule has 0 aliphatic carbocycles. The van der Waals surface area contributed by atoms with Crippen molar-refractivity contribution in [2.24, 2.45) is 0 Å². The molecule has 2 heterocycles. The van der Waals surface area contributed by atoms with E-state index < -0.39 is 96.8 Å². The zero-order valence-corrected chi connectivity index (χ0v) is 40.0. The smallest absolute Gasteiger partial charge is 0.315 e. The monoisotopic (exact) mass is 963 g/mol. The van der Waals surface area contributed by atoms with E-state index in [0.29, 0.717) is 38.5 Å². The van der Waals surface area contributed by atoms with E-state index in [-0.39, 0.29) is 52.5 Å². The Bertz CT molecular complexity index is 1790. The van der Waals surface area contributed by atoms with Crippen LogP contribution in [0.4, 0.5) is 17.6 Å². The second-order valence-corrected chi connectivity index (χ2v) is 17.4. The van der Waals surface area contributed by atoms with Gasteiger partial charge >= 0.3 is 12.9 Å². The molecule has 2 aliphatic heterocycles. The third-order valence-electron chi connectivity index (χ3n) is 12.8. The number of halogens is 4. The van der Waals surface area contributed by atoms with E-state index in [1.807, 2.05) is 60.7 Å². The standard InChI is InChI=1S/C48H70F4N8O8/c1-31(53-5)43(61)55-39(45(63)59-23-13-19-37(59)29-57(47(65)41(49)50)25-21-35-15-9-7-10-16-35)33(3)67-27-28-68-34(4)40(56-44(62)32(2)54-6)46(64)60-24-14-20-38(60)30-58(48(66)42(51)52)26-22-36-17-11-8-12-18-36/h7-12,15-18,31-34,37-42,53-54H,13-14,19-30H2,1-6H3,(H,55,61)(H,56,62)/t31-,32-,33+,34+,37-,38-,39-,40-/m0/s1. The molecule has 0 unspecified atom stereocenters. The fraction of sp³-hybridized carbons (Fsp3) is 0.625. The molecule has 2 aliphatic rings. The Balaban J connectivity index is 1.45. The Kier molecular flexibility index (Phi) is 22.6. The van der Waals surface area contributed by atoms with Gasteiger partial charge in [0.1, 0.15) is 12.1 Å². The Morgan fingerprint density at radius 2 is 0.956 bits per heavy atom. The Morgan fingerprint density at radius 1 is 0.603 bits per heavy atom. The number of nitrogens with one attached hydrogen (secondary N) is 4. The highest BCUT2D eigenvalue weighted by Crippen LogP contribution is 2.24. The van der Waals surface area contributed by atoms with Crippen LogP contribution >= 0.6 is 0 Å². The molecule has 0 spiro atoms. The molecule has 0 saturated carbocycles. The first-order chi connectivity index (χ1) is 32.5. The van der Waals surface area contributed by atoms with E-state index in [9.17, 15) is 46.3 Å². The Morgan fingerprint density at radius 3 is 1.28 bits per heavy atom. The largest absolute Gasteiger partial charge is 0.373 e. The maximum Gasteiger partial charge on any atom is 0.315 e. The summed E-state index contributed by atoms with van der Waals surface area (Å²) in [6, 6.07) is 13.2. The highest BCUT2D eigenvalue weighted by molar-refractivity contribution is 5.91. The van der Waals surface area contributed by atoms with Crippen LogP contribution in [0.2, 0.25) is 0 Å². The van der Waals surface area contributed by atoms with E-state index in [4.69, 9.17) is 9.47 Å². The van der Waals surface area contributed by atoms with Gasteiger partial charge < -0.3 is 50.3 Å². The summed E-state index contributed by atoms with van der Waals surface area (Å²) in [6.45, 7) is 6.45. The summed E-state index contributed by atoms with van der Waals surface area (Å²) in [5.74, 6) is -4.68. The first-order valence-corrected chi connectivity index (χ1v) is 23.5. The number of likely N-dealkylation sites (N-methyl/N-ethyl adjacent to an activating group) is 2. The molecule has 2 saturated heterocycles. The third-order valence-corrected chi connectivity index (χ3v) is 12.8. The predicted octanol–water partition coefficient (Wildman–Crippen LogP) is 2.64. The number of likely N-dealkylation sites (tertiary alicyclic amines) is 2. The molecule has 6 amide bonds. The van der Waals surface area contributed by atoms with Crippen molar-refractivity contribution in [3.05, 3.63) is 71.8 Å². The maximum absolute atomic E-state index is 14.4. The van der Waals surface area contributed by atoms with Gasteiger partial charge in [-0.25, -0.2) is 0 Å². The average molecular weight is 963 g/mol. The van der Waals surface area contributed by atoms with Gasteiger partial charge in [0.25, 0.3) is 11.8 Å². The zero-order chi connectivity index (χ0) is 49.9. The molecule has 378 valence electrons. The number of alkyl halides is 4. The quantitative estimate of drug-likeness (QED) is 0.0769. The number of nitrogens with zero attached hydrogens (tertiary/aromatic N) is 4. The van der Waals surface area contributed by atoms with Gasteiger partial charge in [-0.3, -0.25) is 28.8 Å². The molecule has 0 aromatic heterocycles. The van der Waals surface area contributed by atoms with Crippen molar-refractivity contribution in [2.75, 3.05) is 66.6 Å². The van der Waals surface area contributed by atoms with E-state index >= 15 is 0 Å². The lowest BCUT2D eigenvalue weighted by atomic mass is 10.1. The number of ether oxygens (including phenoxy) is 2. The molecular weight excluding hydrogens is 893 g/mol. The van der Waals surface area contributed by atoms with E-state index in [1.165, 1.54) is 9.80 Å². The lowest BCUT2D eigenvalue weighted by molar-refractivity contribution is -0.148. The third kappa shape index (κ3) is 16.2. The van der Waals surface area contributed by atoms with Crippen molar-refractivity contribution < 1.29 is 55.8 Å². The summed E-state index contributed by atoms with van der Waals surface area (Å²) < 4.78 is 67.5. The molecule has 68 heavy (non-hydrogen) atoms. The molecule has 4 N–H and O–H groups in total. The molecule has 8 atom stereocenters. The van der Waals surface area contributed by atoms with E-state index in [2.05, 4.69) is 21.3 Å². The van der Waals surface area contributed by atoms with Crippen LogP contribution in [-0.2, 0) is 51.1 Å². The van der Waals surface area contributed by atoms with Crippen LogP contribution in [0.3, 0.4) is 0 Å². The molecule has 2 aromatic carbocycles. The number of hydrogen-bond acceptors (Lipinski definition) is 10. The lowest BCUT2D eigenvalue weighted by Gasteiger charge is -2.35. The second kappa shape index (κ2) is 27.7. The molecule has 2 fully saturated rings. The molecule has 20 heteroatoms. The van der Waals surface area contributed by atoms with Crippen molar-refractivity contribution in [3.8, 4) is 0 Å². The number of amides is 6. The van der Waals surface area contributed by atoms with Crippen LogP contribution in [0, 0.1) is 0 Å². The van der Waals surface area contributed by atoms with Gasteiger partial charge in [0, 0.05) is 51.4 Å². The van der Waals surface area contributed by atoms with Gasteiger partial charge in [0.15, 0.2) is 0 Å². The molecular formula is C48H70F4N8O8. The van der Waals surface area contributed by atoms with E-state index in [1.54, 1.807) is 41.8 Å². The van der Waals surface area contributed by atoms with Gasteiger partial charge in [0.2, 0.25) is 23.6 Å². The van der Waals surface area contributed by atoms with Crippen molar-refractivity contribution in [2.45, 2.75) is 128 Å². The first-order valence-electron chi connectivity index (χ1n) is 23.5. The maximum atomic E-state index is 14.4. The van der Waals surface area contributed by atoms with Gasteiger partial charge in [-0.2, -0.15) is 17.6 Å². The van der Waals surface area contributed by atoms with Crippen molar-refractivity contribution in [1.29, 1.82) is 0 Å². The number of hydrogen-bond donors (Lipinski definition) is 4. The Hall–Kier alpha value is -5.18. The lowest BCUT2D eigenvalue weighted by Crippen LogP contribution is -2.59. The van der Waals surface area contributed by atoms with Gasteiger partial charge in [-0.05, 0) is 91.4 Å². The minimum absolute atomic E-state index is 0.0167. The predicted molar refractivity (Wildman–Crippen MR) is 247 cm³/mol. The number of benzene rings is 2. The summed E-state index contributed by atoms with van der Waals surface area (Å²) in [6.07, 6.45) is -5.72. The fourth-order valence-electron chi connectivity index (χ4n) is 8.41. The normalized spacial score (nSPS) is 18.7. The average Bonchev–Trinajstić information content (AvgIpc) is 4.02. The van der Waals surface area contributed by atoms with Crippen molar-refractivity contribution in [1.82, 2.24) is 40.9 Å². The molecule has 0 radical (unpaired) electrons. The van der Waals surface area contributed by atoms with Crippen LogP contribution in [0.5, 0.6) is 0 Å². The summed E-state index contributed by atoms with van der Waals surface area (Å²) in [7, 11) is 3.17. The van der Waals surface area contributed by atoms with Gasteiger partial charge in [-0.1, -0.05) is 60.7 Å². The number of carbonyl (C=O) groups is 6. The highest BCUT2D eigenvalue weighted by atomic mass is 19.3. The Labute approximate surface area is 397 Å². The molecule has 4 rings (SSSR count). The van der Waals surface area contributed by atoms with Gasteiger partial charge in [-0.15, -0.1) is 0 Å². The highest BCUT2D eigenvalue weighted by Gasteiger charge is 2.41. The minimum Gasteiger partial charge on any atom is -0.373 e. The van der Waals surface area contributed by atoms with Crippen LogP contribution in [0.15, 0.2) is 60.7 Å². The fourth-order valence-corrected chi connectivity index (χ4v) is 8.41.